The number of carbonyl (C=O) groups is 1. The van der Waals surface area contributed by atoms with Crippen molar-refractivity contribution in [1.82, 2.24) is 9.71 Å². The van der Waals surface area contributed by atoms with Crippen molar-refractivity contribution in [3.05, 3.63) is 41.3 Å². The predicted octanol–water partition coefficient (Wildman–Crippen LogP) is 3.86. The van der Waals surface area contributed by atoms with Gasteiger partial charge < -0.3 is 5.32 Å². The first kappa shape index (κ1) is 19.9. The van der Waals surface area contributed by atoms with Crippen LogP contribution in [0.1, 0.15) is 26.3 Å². The number of aryl methyl sites for hydroxylation is 1. The molecular weight excluding hydrogens is 402 g/mol. The molecule has 1 unspecified atom stereocenters. The lowest BCUT2D eigenvalue weighted by molar-refractivity contribution is -0.118. The summed E-state index contributed by atoms with van der Waals surface area (Å²) in [4.78, 5) is 17.2. The van der Waals surface area contributed by atoms with Crippen LogP contribution in [0.25, 0.3) is 10.2 Å². The van der Waals surface area contributed by atoms with Crippen LogP contribution in [0.5, 0.6) is 0 Å². The number of aromatic nitrogens is 1. The lowest BCUT2D eigenvalue weighted by atomic mass is 10.1. The van der Waals surface area contributed by atoms with Gasteiger partial charge in [0.15, 0.2) is 5.13 Å². The summed E-state index contributed by atoms with van der Waals surface area (Å²) in [6, 6.07) is 8.29. The van der Waals surface area contributed by atoms with E-state index in [9.17, 15) is 13.2 Å². The van der Waals surface area contributed by atoms with E-state index in [1.807, 2.05) is 12.1 Å². The molecule has 0 aliphatic rings. The van der Waals surface area contributed by atoms with Crippen LogP contribution in [-0.4, -0.2) is 25.4 Å². The lowest BCUT2D eigenvalue weighted by Crippen LogP contribution is -2.46. The van der Waals surface area contributed by atoms with Crippen molar-refractivity contribution < 1.29 is 13.2 Å². The van der Waals surface area contributed by atoms with Gasteiger partial charge in [-0.2, -0.15) is 4.72 Å². The number of nitrogens with zero attached hydrogens (tertiary/aromatic N) is 1. The molecule has 2 heterocycles. The van der Waals surface area contributed by atoms with Gasteiger partial charge in [0.25, 0.3) is 10.0 Å². The van der Waals surface area contributed by atoms with Crippen molar-refractivity contribution in [2.45, 2.75) is 37.4 Å². The number of hydrogen-bond donors (Lipinski definition) is 2. The van der Waals surface area contributed by atoms with Crippen molar-refractivity contribution in [2.75, 3.05) is 5.32 Å². The maximum Gasteiger partial charge on any atom is 0.250 e. The summed E-state index contributed by atoms with van der Waals surface area (Å²) >= 11 is 2.49. The molecule has 3 rings (SSSR count). The first-order valence-electron chi connectivity index (χ1n) is 8.56. The van der Waals surface area contributed by atoms with Gasteiger partial charge in [0.2, 0.25) is 5.91 Å². The number of sulfonamides is 1. The van der Waals surface area contributed by atoms with Crippen molar-refractivity contribution in [3.8, 4) is 0 Å². The highest BCUT2D eigenvalue weighted by Crippen LogP contribution is 2.27. The van der Waals surface area contributed by atoms with Crippen molar-refractivity contribution in [1.29, 1.82) is 0 Å². The number of thiophene rings is 1. The summed E-state index contributed by atoms with van der Waals surface area (Å²) in [5.74, 6) is -0.638. The fourth-order valence-corrected chi connectivity index (χ4v) is 5.85. The molecule has 27 heavy (non-hydrogen) atoms. The molecule has 2 N–H and O–H groups in total. The van der Waals surface area contributed by atoms with E-state index >= 15 is 0 Å². The maximum atomic E-state index is 12.7. The zero-order valence-corrected chi connectivity index (χ0v) is 17.7. The Balaban J connectivity index is 1.79. The van der Waals surface area contributed by atoms with Crippen LogP contribution >= 0.6 is 22.7 Å². The number of hydrogen-bond acceptors (Lipinski definition) is 6. The van der Waals surface area contributed by atoms with Crippen LogP contribution in [0, 0.1) is 5.92 Å². The van der Waals surface area contributed by atoms with Gasteiger partial charge >= 0.3 is 0 Å². The van der Waals surface area contributed by atoms with E-state index in [-0.39, 0.29) is 10.1 Å². The van der Waals surface area contributed by atoms with Gasteiger partial charge in [0, 0.05) is 0 Å². The standard InChI is InChI=1S/C18H21N3O3S3/c1-4-12-7-8-13-14(10-12)26-18(19-13)20-17(22)16(11(2)3)21-27(23,24)15-6-5-9-25-15/h5-11,16,21H,4H2,1-3H3,(H,19,20,22). The quantitative estimate of drug-likeness (QED) is 0.604. The Hall–Kier alpha value is -1.81. The van der Waals surface area contributed by atoms with Crippen molar-refractivity contribution in [3.63, 3.8) is 0 Å². The molecule has 1 atom stereocenters. The first-order chi connectivity index (χ1) is 12.8. The summed E-state index contributed by atoms with van der Waals surface area (Å²) < 4.78 is 28.7. The SMILES string of the molecule is CCc1ccc2nc(NC(=O)C(NS(=O)(=O)c3cccs3)C(C)C)sc2c1. The summed E-state index contributed by atoms with van der Waals surface area (Å²) in [5, 5.41) is 4.91. The van der Waals surface area contributed by atoms with Crippen LogP contribution in [-0.2, 0) is 21.2 Å². The van der Waals surface area contributed by atoms with Gasteiger partial charge in [-0.05, 0) is 41.5 Å². The summed E-state index contributed by atoms with van der Waals surface area (Å²) in [6.45, 7) is 5.68. The van der Waals surface area contributed by atoms with E-state index in [1.165, 1.54) is 23.0 Å². The molecule has 0 aliphatic heterocycles. The largest absolute Gasteiger partial charge is 0.301 e. The van der Waals surface area contributed by atoms with Crippen LogP contribution in [0.2, 0.25) is 0 Å². The van der Waals surface area contributed by atoms with Crippen molar-refractivity contribution >= 4 is 54.0 Å². The summed E-state index contributed by atoms with van der Waals surface area (Å²) in [7, 11) is -3.74. The maximum absolute atomic E-state index is 12.7. The summed E-state index contributed by atoms with van der Waals surface area (Å²) in [5.41, 5.74) is 2.01. The average Bonchev–Trinajstić information content (AvgIpc) is 3.28. The Morgan fingerprint density at radius 1 is 1.26 bits per heavy atom. The second-order valence-corrected chi connectivity index (χ2v) is 10.4. The molecule has 0 fully saturated rings. The van der Waals surface area contributed by atoms with Gasteiger partial charge in [-0.3, -0.25) is 4.79 Å². The topological polar surface area (TPSA) is 88.2 Å². The molecule has 0 aliphatic carbocycles. The van der Waals surface area contributed by atoms with E-state index in [0.29, 0.717) is 5.13 Å². The van der Waals surface area contributed by atoms with Crippen LogP contribution < -0.4 is 10.0 Å². The molecule has 144 valence electrons. The minimum atomic E-state index is -3.74. The number of rotatable bonds is 7. The zero-order chi connectivity index (χ0) is 19.6. The van der Waals surface area contributed by atoms with E-state index < -0.39 is 22.0 Å². The molecule has 2 aromatic heterocycles. The third kappa shape index (κ3) is 4.55. The van der Waals surface area contributed by atoms with Crippen LogP contribution in [0.3, 0.4) is 0 Å². The Morgan fingerprint density at radius 2 is 2.04 bits per heavy atom. The Labute approximate surface area is 166 Å². The van der Waals surface area contributed by atoms with E-state index in [4.69, 9.17) is 0 Å². The number of thiazole rings is 1. The molecule has 3 aromatic rings. The molecule has 6 nitrogen and oxygen atoms in total. The predicted molar refractivity (Wildman–Crippen MR) is 111 cm³/mol. The molecule has 0 bridgehead atoms. The number of carbonyl (C=O) groups excluding carboxylic acids is 1. The van der Waals surface area contributed by atoms with Gasteiger partial charge in [-0.15, -0.1) is 11.3 Å². The second-order valence-electron chi connectivity index (χ2n) is 6.44. The molecule has 1 amide bonds. The third-order valence-corrected chi connectivity index (χ3v) is 7.85. The van der Waals surface area contributed by atoms with Gasteiger partial charge in [-0.25, -0.2) is 13.4 Å². The zero-order valence-electron chi connectivity index (χ0n) is 15.2. The number of fused-ring (bicyclic) bond motifs is 1. The van der Waals surface area contributed by atoms with Gasteiger partial charge in [0.1, 0.15) is 10.3 Å². The monoisotopic (exact) mass is 423 g/mol. The number of anilines is 1. The van der Waals surface area contributed by atoms with Gasteiger partial charge in [-0.1, -0.05) is 44.2 Å². The van der Waals surface area contributed by atoms with E-state index in [0.717, 1.165) is 28.0 Å². The number of benzene rings is 1. The van der Waals surface area contributed by atoms with E-state index in [2.05, 4.69) is 28.0 Å². The molecule has 9 heteroatoms. The molecule has 0 saturated carbocycles. The Kier molecular flexibility index (Phi) is 5.95. The van der Waals surface area contributed by atoms with E-state index in [1.54, 1.807) is 25.3 Å². The number of amides is 1. The fraction of sp³-hybridized carbons (Fsp3) is 0.333. The molecule has 0 spiro atoms. The average molecular weight is 424 g/mol. The smallest absolute Gasteiger partial charge is 0.250 e. The molecule has 1 aromatic carbocycles. The highest BCUT2D eigenvalue weighted by atomic mass is 32.2. The van der Waals surface area contributed by atoms with Gasteiger partial charge in [0.05, 0.1) is 10.2 Å². The minimum absolute atomic E-state index is 0.188. The number of nitrogens with one attached hydrogen (secondary N) is 2. The highest BCUT2D eigenvalue weighted by Gasteiger charge is 2.29. The first-order valence-corrected chi connectivity index (χ1v) is 11.7. The minimum Gasteiger partial charge on any atom is -0.301 e. The highest BCUT2D eigenvalue weighted by molar-refractivity contribution is 7.91. The Bertz CT molecular complexity index is 1040. The molecular formula is C18H21N3O3S3. The normalized spacial score (nSPS) is 13.2. The van der Waals surface area contributed by atoms with Crippen LogP contribution in [0.4, 0.5) is 5.13 Å². The third-order valence-electron chi connectivity index (χ3n) is 4.08. The van der Waals surface area contributed by atoms with Crippen LogP contribution in [0.15, 0.2) is 39.9 Å². The second kappa shape index (κ2) is 8.05. The molecule has 0 saturated heterocycles. The fourth-order valence-electron chi connectivity index (χ4n) is 2.56. The Morgan fingerprint density at radius 3 is 2.67 bits per heavy atom. The lowest BCUT2D eigenvalue weighted by Gasteiger charge is -2.20. The summed E-state index contributed by atoms with van der Waals surface area (Å²) in [6.07, 6.45) is 0.926. The van der Waals surface area contributed by atoms with Crippen molar-refractivity contribution in [2.24, 2.45) is 5.92 Å². The molecule has 0 radical (unpaired) electrons.